The third-order valence-electron chi connectivity index (χ3n) is 2.71. The molecule has 0 bridgehead atoms. The molecule has 1 saturated heterocycles. The molecule has 0 aliphatic carbocycles. The summed E-state index contributed by atoms with van der Waals surface area (Å²) in [5, 5.41) is 2.62. The molecule has 1 amide bonds. The average Bonchev–Trinajstić information content (AvgIpc) is 2.40. The monoisotopic (exact) mass is 233 g/mol. The van der Waals surface area contributed by atoms with Crippen molar-refractivity contribution < 1.29 is 9.53 Å². The number of carbonyl (C=O) groups excluding carboxylic acids is 1. The Bertz CT molecular complexity index is 397. The van der Waals surface area contributed by atoms with Crippen LogP contribution in [0.4, 0.5) is 5.69 Å². The molecule has 1 aromatic rings. The number of nitrogens with zero attached hydrogens (tertiary/aromatic N) is 2. The molecule has 1 fully saturated rings. The lowest BCUT2D eigenvalue weighted by atomic mass is 9.99. The number of anilines is 1. The molecule has 1 N–H and O–H groups in total. The van der Waals surface area contributed by atoms with Crippen LogP contribution in [0.3, 0.4) is 0 Å². The Labute approximate surface area is 99.9 Å². The van der Waals surface area contributed by atoms with Gasteiger partial charge in [0.1, 0.15) is 5.82 Å². The molecular formula is C12H15N3O2. The van der Waals surface area contributed by atoms with Gasteiger partial charge in [0.15, 0.2) is 0 Å². The van der Waals surface area contributed by atoms with Gasteiger partial charge in [-0.25, -0.2) is 9.97 Å². The molecule has 0 unspecified atom stereocenters. The van der Waals surface area contributed by atoms with Crippen LogP contribution in [-0.4, -0.2) is 29.1 Å². The van der Waals surface area contributed by atoms with Crippen LogP contribution in [0, 0.1) is 0 Å². The molecule has 2 heterocycles. The zero-order chi connectivity index (χ0) is 12.1. The molecule has 17 heavy (non-hydrogen) atoms. The Morgan fingerprint density at radius 1 is 1.41 bits per heavy atom. The Kier molecular flexibility index (Phi) is 3.82. The van der Waals surface area contributed by atoms with Crippen LogP contribution in [0.25, 0.3) is 0 Å². The predicted octanol–water partition coefficient (Wildman–Crippen LogP) is 1.50. The van der Waals surface area contributed by atoms with Crippen molar-refractivity contribution in [2.45, 2.75) is 18.8 Å². The molecule has 1 aliphatic rings. The van der Waals surface area contributed by atoms with E-state index in [1.165, 1.54) is 6.08 Å². The Morgan fingerprint density at radius 2 is 2.06 bits per heavy atom. The van der Waals surface area contributed by atoms with Gasteiger partial charge in [0, 0.05) is 19.1 Å². The summed E-state index contributed by atoms with van der Waals surface area (Å²) in [6.45, 7) is 4.91. The summed E-state index contributed by atoms with van der Waals surface area (Å²) in [7, 11) is 0. The molecule has 5 nitrogen and oxygen atoms in total. The van der Waals surface area contributed by atoms with Crippen molar-refractivity contribution >= 4 is 11.6 Å². The molecular weight excluding hydrogens is 218 g/mol. The lowest BCUT2D eigenvalue weighted by Gasteiger charge is -2.20. The van der Waals surface area contributed by atoms with Gasteiger partial charge in [-0.3, -0.25) is 4.79 Å². The van der Waals surface area contributed by atoms with E-state index < -0.39 is 0 Å². The number of nitrogens with one attached hydrogen (secondary N) is 1. The van der Waals surface area contributed by atoms with Gasteiger partial charge in [-0.1, -0.05) is 6.58 Å². The summed E-state index contributed by atoms with van der Waals surface area (Å²) in [6.07, 6.45) is 6.38. The fourth-order valence-corrected chi connectivity index (χ4v) is 1.76. The number of hydrogen-bond acceptors (Lipinski definition) is 4. The highest BCUT2D eigenvalue weighted by Crippen LogP contribution is 2.23. The number of amides is 1. The van der Waals surface area contributed by atoms with Gasteiger partial charge in [-0.15, -0.1) is 0 Å². The first-order valence-corrected chi connectivity index (χ1v) is 5.62. The van der Waals surface area contributed by atoms with Crippen LogP contribution < -0.4 is 5.32 Å². The number of carbonyl (C=O) groups is 1. The minimum absolute atomic E-state index is 0.257. The van der Waals surface area contributed by atoms with E-state index in [1.54, 1.807) is 12.4 Å². The van der Waals surface area contributed by atoms with Crippen LogP contribution in [0.1, 0.15) is 24.6 Å². The van der Waals surface area contributed by atoms with Gasteiger partial charge >= 0.3 is 0 Å². The topological polar surface area (TPSA) is 64.1 Å². The van der Waals surface area contributed by atoms with E-state index in [4.69, 9.17) is 4.74 Å². The molecule has 0 atom stereocenters. The Hall–Kier alpha value is -1.75. The second-order valence-electron chi connectivity index (χ2n) is 3.91. The quantitative estimate of drug-likeness (QED) is 0.803. The number of ether oxygens (including phenoxy) is 1. The van der Waals surface area contributed by atoms with E-state index in [1.807, 2.05) is 0 Å². The second kappa shape index (κ2) is 5.54. The smallest absolute Gasteiger partial charge is 0.247 e. The first-order chi connectivity index (χ1) is 8.29. The first kappa shape index (κ1) is 11.7. The highest BCUT2D eigenvalue weighted by Gasteiger charge is 2.18. The van der Waals surface area contributed by atoms with Gasteiger partial charge < -0.3 is 10.1 Å². The lowest BCUT2D eigenvalue weighted by Crippen LogP contribution is -2.16. The Balaban J connectivity index is 2.01. The van der Waals surface area contributed by atoms with Crippen molar-refractivity contribution in [1.82, 2.24) is 9.97 Å². The van der Waals surface area contributed by atoms with Crippen LogP contribution >= 0.6 is 0 Å². The zero-order valence-corrected chi connectivity index (χ0v) is 9.56. The molecule has 90 valence electrons. The molecule has 2 rings (SSSR count). The fraction of sp³-hybridized carbons (Fsp3) is 0.417. The number of rotatable bonds is 3. The Morgan fingerprint density at radius 3 is 2.65 bits per heavy atom. The van der Waals surface area contributed by atoms with Crippen molar-refractivity contribution in [3.05, 3.63) is 30.9 Å². The van der Waals surface area contributed by atoms with E-state index >= 15 is 0 Å². The first-order valence-electron chi connectivity index (χ1n) is 5.62. The summed E-state index contributed by atoms with van der Waals surface area (Å²) in [5.41, 5.74) is 0.589. The van der Waals surface area contributed by atoms with E-state index in [9.17, 15) is 4.79 Å². The SMILES string of the molecule is C=CC(=O)Nc1cnc(C2CCOCC2)nc1. The van der Waals surface area contributed by atoms with E-state index in [-0.39, 0.29) is 5.91 Å². The van der Waals surface area contributed by atoms with Gasteiger partial charge in [0.2, 0.25) is 5.91 Å². The van der Waals surface area contributed by atoms with E-state index in [0.29, 0.717) is 11.6 Å². The maximum absolute atomic E-state index is 11.1. The zero-order valence-electron chi connectivity index (χ0n) is 9.56. The normalized spacial score (nSPS) is 16.5. The summed E-state index contributed by atoms with van der Waals surface area (Å²) in [6, 6.07) is 0. The van der Waals surface area contributed by atoms with Crippen molar-refractivity contribution in [2.75, 3.05) is 18.5 Å². The average molecular weight is 233 g/mol. The van der Waals surface area contributed by atoms with Crippen LogP contribution in [-0.2, 0) is 9.53 Å². The maximum atomic E-state index is 11.1. The minimum atomic E-state index is -0.257. The van der Waals surface area contributed by atoms with Crippen molar-refractivity contribution in [2.24, 2.45) is 0 Å². The third-order valence-corrected chi connectivity index (χ3v) is 2.71. The van der Waals surface area contributed by atoms with Crippen molar-refractivity contribution in [3.63, 3.8) is 0 Å². The molecule has 1 aromatic heterocycles. The van der Waals surface area contributed by atoms with Crippen LogP contribution in [0.15, 0.2) is 25.0 Å². The standard InChI is InChI=1S/C12H15N3O2/c1-2-11(16)15-10-7-13-12(14-8-10)9-3-5-17-6-4-9/h2,7-9H,1,3-6H2,(H,15,16). The maximum Gasteiger partial charge on any atom is 0.247 e. The summed E-state index contributed by atoms with van der Waals surface area (Å²) >= 11 is 0. The number of hydrogen-bond donors (Lipinski definition) is 1. The molecule has 5 heteroatoms. The summed E-state index contributed by atoms with van der Waals surface area (Å²) < 4.78 is 5.29. The third kappa shape index (κ3) is 3.10. The van der Waals surface area contributed by atoms with Gasteiger partial charge in [-0.2, -0.15) is 0 Å². The molecule has 0 aromatic carbocycles. The molecule has 0 radical (unpaired) electrons. The van der Waals surface area contributed by atoms with Gasteiger partial charge in [-0.05, 0) is 18.9 Å². The molecule has 0 saturated carbocycles. The van der Waals surface area contributed by atoms with Crippen molar-refractivity contribution in [3.8, 4) is 0 Å². The summed E-state index contributed by atoms with van der Waals surface area (Å²) in [4.78, 5) is 19.6. The number of aromatic nitrogens is 2. The minimum Gasteiger partial charge on any atom is -0.381 e. The highest BCUT2D eigenvalue weighted by molar-refractivity contribution is 5.98. The second-order valence-corrected chi connectivity index (χ2v) is 3.91. The van der Waals surface area contributed by atoms with Gasteiger partial charge in [0.05, 0.1) is 18.1 Å². The van der Waals surface area contributed by atoms with E-state index in [0.717, 1.165) is 31.9 Å². The van der Waals surface area contributed by atoms with Crippen LogP contribution in [0.5, 0.6) is 0 Å². The molecule has 0 spiro atoms. The lowest BCUT2D eigenvalue weighted by molar-refractivity contribution is -0.111. The van der Waals surface area contributed by atoms with Crippen LogP contribution in [0.2, 0.25) is 0 Å². The molecule has 1 aliphatic heterocycles. The largest absolute Gasteiger partial charge is 0.381 e. The van der Waals surface area contributed by atoms with E-state index in [2.05, 4.69) is 21.9 Å². The van der Waals surface area contributed by atoms with Gasteiger partial charge in [0.25, 0.3) is 0 Å². The van der Waals surface area contributed by atoms with Crippen molar-refractivity contribution in [1.29, 1.82) is 0 Å². The fourth-order valence-electron chi connectivity index (χ4n) is 1.76. The predicted molar refractivity (Wildman–Crippen MR) is 63.7 cm³/mol. The summed E-state index contributed by atoms with van der Waals surface area (Å²) in [5.74, 6) is 0.935. The highest BCUT2D eigenvalue weighted by atomic mass is 16.5.